The first-order valence-corrected chi connectivity index (χ1v) is 9.01. The van der Waals surface area contributed by atoms with E-state index < -0.39 is 5.54 Å². The third-order valence-electron chi connectivity index (χ3n) is 4.09. The minimum atomic E-state index is -0.467. The van der Waals surface area contributed by atoms with E-state index >= 15 is 0 Å². The molecule has 3 aromatic rings. The highest BCUT2D eigenvalue weighted by atomic mass is 32.2. The van der Waals surface area contributed by atoms with Gasteiger partial charge in [0.05, 0.1) is 16.1 Å². The van der Waals surface area contributed by atoms with E-state index in [0.29, 0.717) is 10.4 Å². The molecule has 0 aliphatic heterocycles. The van der Waals surface area contributed by atoms with Crippen LogP contribution in [0.25, 0.3) is 10.9 Å². The van der Waals surface area contributed by atoms with Crippen molar-refractivity contribution >= 4 is 34.4 Å². The van der Waals surface area contributed by atoms with Crippen molar-refractivity contribution in [2.24, 2.45) is 0 Å². The van der Waals surface area contributed by atoms with Crippen molar-refractivity contribution < 1.29 is 10.3 Å². The quantitative estimate of drug-likeness (QED) is 0.394. The van der Waals surface area contributed by atoms with Crippen LogP contribution in [-0.2, 0) is 0 Å². The van der Waals surface area contributed by atoms with Crippen LogP contribution in [0, 0.1) is 13.8 Å². The molecule has 0 aliphatic rings. The van der Waals surface area contributed by atoms with Crippen molar-refractivity contribution in [1.82, 2.24) is 19.6 Å². The van der Waals surface area contributed by atoms with E-state index in [0.717, 1.165) is 44.6 Å². The number of phenols is 1. The number of anilines is 2. The van der Waals surface area contributed by atoms with Crippen molar-refractivity contribution in [2.45, 2.75) is 45.1 Å². The fraction of sp³-hybridized carbons (Fsp3) is 0.333. The summed E-state index contributed by atoms with van der Waals surface area (Å²) in [5.41, 5.74) is 3.05. The highest BCUT2D eigenvalue weighted by Gasteiger charge is 2.22. The molecule has 138 valence electrons. The lowest BCUT2D eigenvalue weighted by Gasteiger charge is -2.28. The van der Waals surface area contributed by atoms with E-state index in [1.165, 1.54) is 0 Å². The molecule has 0 unspecified atom stereocenters. The van der Waals surface area contributed by atoms with E-state index in [-0.39, 0.29) is 5.75 Å². The average Bonchev–Trinajstić information content (AvgIpc) is 2.87. The molecular weight excluding hydrogens is 350 g/mol. The Morgan fingerprint density at radius 3 is 2.58 bits per heavy atom. The molecule has 0 spiro atoms. The zero-order valence-corrected chi connectivity index (χ0v) is 16.3. The second-order valence-corrected chi connectivity index (χ2v) is 8.15. The van der Waals surface area contributed by atoms with Gasteiger partial charge in [-0.3, -0.25) is 10.1 Å². The number of aryl methyl sites for hydroxylation is 1. The van der Waals surface area contributed by atoms with Crippen LogP contribution in [0.2, 0.25) is 0 Å². The number of phenolic OH excluding ortho intramolecular Hbond substituents is 1. The van der Waals surface area contributed by atoms with Crippen LogP contribution in [0.1, 0.15) is 32.0 Å². The van der Waals surface area contributed by atoms with Gasteiger partial charge >= 0.3 is 0 Å². The van der Waals surface area contributed by atoms with Gasteiger partial charge in [-0.05, 0) is 58.7 Å². The molecule has 0 radical (unpaired) electrons. The molecule has 0 atom stereocenters. The number of fused-ring (bicyclic) bond motifs is 1. The van der Waals surface area contributed by atoms with Gasteiger partial charge in [-0.15, -0.1) is 4.47 Å². The third-order valence-corrected chi connectivity index (χ3v) is 5.33. The standard InChI is InChI=1S/C18H23N5O2S/c1-10-11(2)21-22-17(10)20-13-6-7-19-14-9-15(24)16(8-12(13)14)26-23(25)18(3,4)5/h6-9,24-25H,1-5H3,(H2,19,20,21,22). The fourth-order valence-corrected chi connectivity index (χ4v) is 3.09. The second-order valence-electron chi connectivity index (χ2n) is 7.18. The van der Waals surface area contributed by atoms with Crippen molar-refractivity contribution in [2.75, 3.05) is 5.32 Å². The smallest absolute Gasteiger partial charge is 0.155 e. The molecule has 0 amide bonds. The number of nitrogens with one attached hydrogen (secondary N) is 2. The maximum atomic E-state index is 10.3. The summed E-state index contributed by atoms with van der Waals surface area (Å²) in [5, 5.41) is 31.9. The van der Waals surface area contributed by atoms with Crippen LogP contribution in [0.4, 0.5) is 11.5 Å². The summed E-state index contributed by atoms with van der Waals surface area (Å²) in [4.78, 5) is 4.87. The highest BCUT2D eigenvalue weighted by molar-refractivity contribution is 7.97. The van der Waals surface area contributed by atoms with Gasteiger partial charge in [0.2, 0.25) is 0 Å². The third kappa shape index (κ3) is 3.62. The van der Waals surface area contributed by atoms with Gasteiger partial charge in [0.15, 0.2) is 5.82 Å². The van der Waals surface area contributed by atoms with Crippen molar-refractivity contribution in [3.8, 4) is 5.75 Å². The molecule has 0 bridgehead atoms. The van der Waals surface area contributed by atoms with Gasteiger partial charge in [0, 0.05) is 34.4 Å². The Morgan fingerprint density at radius 1 is 1.23 bits per heavy atom. The largest absolute Gasteiger partial charge is 0.507 e. The summed E-state index contributed by atoms with van der Waals surface area (Å²) in [6, 6.07) is 5.27. The monoisotopic (exact) mass is 373 g/mol. The summed E-state index contributed by atoms with van der Waals surface area (Å²) in [6.45, 7) is 9.61. The zero-order valence-electron chi connectivity index (χ0n) is 15.5. The normalized spacial score (nSPS) is 12.1. The minimum Gasteiger partial charge on any atom is -0.507 e. The number of aromatic hydroxyl groups is 1. The Labute approximate surface area is 156 Å². The molecule has 0 aliphatic carbocycles. The Bertz CT molecular complexity index is 949. The fourth-order valence-electron chi connectivity index (χ4n) is 2.31. The zero-order chi connectivity index (χ0) is 19.1. The number of hydroxylamine groups is 1. The molecule has 0 saturated heterocycles. The SMILES string of the molecule is Cc1[nH]nc(Nc2ccnc3cc(O)c(SN(O)C(C)(C)C)cc23)c1C. The van der Waals surface area contributed by atoms with Crippen LogP contribution in [0.3, 0.4) is 0 Å². The van der Waals surface area contributed by atoms with Gasteiger partial charge in [-0.2, -0.15) is 5.10 Å². The molecule has 1 aromatic carbocycles. The number of benzene rings is 1. The van der Waals surface area contributed by atoms with Crippen LogP contribution < -0.4 is 5.32 Å². The lowest BCUT2D eigenvalue weighted by molar-refractivity contribution is -0.0553. The molecule has 2 aromatic heterocycles. The van der Waals surface area contributed by atoms with Crippen LogP contribution in [0.15, 0.2) is 29.3 Å². The molecule has 7 nitrogen and oxygen atoms in total. The Balaban J connectivity index is 2.02. The number of hydrogen-bond donors (Lipinski definition) is 4. The molecule has 26 heavy (non-hydrogen) atoms. The summed E-state index contributed by atoms with van der Waals surface area (Å²) in [7, 11) is 0. The van der Waals surface area contributed by atoms with Crippen LogP contribution >= 0.6 is 11.9 Å². The Kier molecular flexibility index (Phi) is 4.83. The van der Waals surface area contributed by atoms with Gasteiger partial charge in [0.25, 0.3) is 0 Å². The maximum absolute atomic E-state index is 10.3. The number of hydrogen-bond acceptors (Lipinski definition) is 7. The molecule has 0 fully saturated rings. The summed E-state index contributed by atoms with van der Waals surface area (Å²) < 4.78 is 1.12. The molecule has 2 heterocycles. The summed E-state index contributed by atoms with van der Waals surface area (Å²) in [5.74, 6) is 0.818. The van der Waals surface area contributed by atoms with Crippen LogP contribution in [0.5, 0.6) is 5.75 Å². The average molecular weight is 373 g/mol. The highest BCUT2D eigenvalue weighted by Crippen LogP contribution is 2.38. The predicted molar refractivity (Wildman–Crippen MR) is 104 cm³/mol. The Hall–Kier alpha value is -2.29. The van der Waals surface area contributed by atoms with Crippen molar-refractivity contribution in [3.05, 3.63) is 35.7 Å². The van der Waals surface area contributed by atoms with E-state index in [4.69, 9.17) is 0 Å². The number of pyridine rings is 1. The van der Waals surface area contributed by atoms with Gasteiger partial charge in [0.1, 0.15) is 5.75 Å². The van der Waals surface area contributed by atoms with Crippen molar-refractivity contribution in [3.63, 3.8) is 0 Å². The molecular formula is C18H23N5O2S. The second kappa shape index (κ2) is 6.79. The molecule has 0 saturated carbocycles. The lowest BCUT2D eigenvalue weighted by atomic mass is 10.1. The van der Waals surface area contributed by atoms with Gasteiger partial charge < -0.3 is 15.6 Å². The first-order chi connectivity index (χ1) is 12.2. The lowest BCUT2D eigenvalue weighted by Crippen LogP contribution is -2.32. The van der Waals surface area contributed by atoms with E-state index in [2.05, 4.69) is 20.5 Å². The molecule has 3 rings (SSSR count). The summed E-state index contributed by atoms with van der Waals surface area (Å²) >= 11 is 1.08. The van der Waals surface area contributed by atoms with Gasteiger partial charge in [-0.25, -0.2) is 0 Å². The van der Waals surface area contributed by atoms with E-state index in [9.17, 15) is 10.3 Å². The molecule has 8 heteroatoms. The number of aromatic nitrogens is 3. The van der Waals surface area contributed by atoms with Crippen LogP contribution in [-0.4, -0.2) is 35.5 Å². The number of H-pyrrole nitrogens is 1. The predicted octanol–water partition coefficient (Wildman–Crippen LogP) is 4.52. The Morgan fingerprint density at radius 2 is 1.96 bits per heavy atom. The number of aromatic amines is 1. The first kappa shape index (κ1) is 18.5. The molecule has 4 N–H and O–H groups in total. The van der Waals surface area contributed by atoms with Gasteiger partial charge in [-0.1, -0.05) is 0 Å². The topological polar surface area (TPSA) is 97.3 Å². The van der Waals surface area contributed by atoms with E-state index in [1.54, 1.807) is 12.3 Å². The maximum Gasteiger partial charge on any atom is 0.155 e. The first-order valence-electron chi connectivity index (χ1n) is 8.24. The minimum absolute atomic E-state index is 0.0715. The number of nitrogens with zero attached hydrogens (tertiary/aromatic N) is 3. The number of rotatable bonds is 4. The van der Waals surface area contributed by atoms with Crippen molar-refractivity contribution in [1.29, 1.82) is 0 Å². The summed E-state index contributed by atoms with van der Waals surface area (Å²) in [6.07, 6.45) is 1.68. The van der Waals surface area contributed by atoms with E-state index in [1.807, 2.05) is 46.8 Å².